The molecule has 114 valence electrons. The molecule has 0 radical (unpaired) electrons. The quantitative estimate of drug-likeness (QED) is 0.828. The Morgan fingerprint density at radius 2 is 2.10 bits per heavy atom. The minimum absolute atomic E-state index is 0.0803. The second-order valence-electron chi connectivity index (χ2n) is 4.56. The highest BCUT2D eigenvalue weighted by molar-refractivity contribution is 7.90. The maximum Gasteiger partial charge on any atom is 0.253 e. The van der Waals surface area contributed by atoms with Crippen molar-refractivity contribution in [3.63, 3.8) is 0 Å². The number of nitrogens with two attached hydrogens (primary N) is 1. The summed E-state index contributed by atoms with van der Waals surface area (Å²) in [5, 5.41) is 0.360. The molecule has 5 nitrogen and oxygen atoms in total. The highest BCUT2D eigenvalue weighted by atomic mass is 35.5. The summed E-state index contributed by atoms with van der Waals surface area (Å²) < 4.78 is 22.2. The van der Waals surface area contributed by atoms with E-state index < -0.39 is 9.84 Å². The summed E-state index contributed by atoms with van der Waals surface area (Å²) >= 11 is 6.05. The van der Waals surface area contributed by atoms with E-state index in [4.69, 9.17) is 17.3 Å². The van der Waals surface area contributed by atoms with Crippen molar-refractivity contribution in [2.45, 2.75) is 0 Å². The third kappa shape index (κ3) is 5.76. The van der Waals surface area contributed by atoms with Gasteiger partial charge in [-0.25, -0.2) is 8.42 Å². The van der Waals surface area contributed by atoms with Crippen LogP contribution in [0.15, 0.2) is 18.2 Å². The molecule has 2 N–H and O–H groups in total. The predicted octanol–water partition coefficient (Wildman–Crippen LogP) is 0.767. The van der Waals surface area contributed by atoms with Crippen molar-refractivity contribution in [1.82, 2.24) is 4.90 Å². The summed E-state index contributed by atoms with van der Waals surface area (Å²) in [6.45, 7) is 0.356. The molecule has 0 aromatic heterocycles. The van der Waals surface area contributed by atoms with E-state index in [1.807, 2.05) is 0 Å². The minimum atomic E-state index is -3.11. The standard InChI is InChI=1S/C14H17ClN2O3S/c1-17(8-9-21(2,19)20)14(18)12-6-5-11(4-3-7-16)13(15)10-12/h5-6,10H,7-9,16H2,1-2H3. The topological polar surface area (TPSA) is 80.5 Å². The van der Waals surface area contributed by atoms with Crippen molar-refractivity contribution < 1.29 is 13.2 Å². The number of nitrogens with zero attached hydrogens (tertiary/aromatic N) is 1. The lowest BCUT2D eigenvalue weighted by Crippen LogP contribution is -2.31. The number of carbonyl (C=O) groups is 1. The van der Waals surface area contributed by atoms with Crippen molar-refractivity contribution in [2.75, 3.05) is 32.1 Å². The van der Waals surface area contributed by atoms with Crippen molar-refractivity contribution >= 4 is 27.3 Å². The summed E-state index contributed by atoms with van der Waals surface area (Å²) in [5.74, 6) is 5.11. The minimum Gasteiger partial charge on any atom is -0.341 e. The molecule has 7 heteroatoms. The molecule has 0 saturated heterocycles. The SMILES string of the molecule is CN(CCS(C)(=O)=O)C(=O)c1ccc(C#CCN)c(Cl)c1. The van der Waals surface area contributed by atoms with Crippen LogP contribution in [0.2, 0.25) is 5.02 Å². The number of hydrogen-bond donors (Lipinski definition) is 1. The van der Waals surface area contributed by atoms with Gasteiger partial charge in [-0.05, 0) is 18.2 Å². The zero-order chi connectivity index (χ0) is 16.0. The normalized spacial score (nSPS) is 10.7. The van der Waals surface area contributed by atoms with Crippen molar-refractivity contribution in [2.24, 2.45) is 5.73 Å². The average molecular weight is 329 g/mol. The van der Waals surface area contributed by atoms with Gasteiger partial charge in [0.15, 0.2) is 0 Å². The third-order valence-corrected chi connectivity index (χ3v) is 3.92. The summed E-state index contributed by atoms with van der Waals surface area (Å²) in [5.41, 5.74) is 6.26. The Balaban J connectivity index is 2.86. The van der Waals surface area contributed by atoms with Crippen LogP contribution < -0.4 is 5.73 Å². The van der Waals surface area contributed by atoms with Crippen molar-refractivity contribution in [1.29, 1.82) is 0 Å². The van der Waals surface area contributed by atoms with Gasteiger partial charge < -0.3 is 10.6 Å². The van der Waals surface area contributed by atoms with Crippen LogP contribution in [0, 0.1) is 11.8 Å². The number of rotatable bonds is 4. The van der Waals surface area contributed by atoms with Gasteiger partial charge in [0.05, 0.1) is 17.3 Å². The molecular weight excluding hydrogens is 312 g/mol. The molecule has 0 bridgehead atoms. The van der Waals surface area contributed by atoms with E-state index in [-0.39, 0.29) is 24.7 Å². The lowest BCUT2D eigenvalue weighted by molar-refractivity contribution is 0.0803. The van der Waals surface area contributed by atoms with E-state index >= 15 is 0 Å². The Hall–Kier alpha value is -1.55. The zero-order valence-electron chi connectivity index (χ0n) is 11.9. The Kier molecular flexibility index (Phi) is 6.21. The van der Waals surface area contributed by atoms with Crippen molar-refractivity contribution in [3.05, 3.63) is 34.3 Å². The Labute approximate surface area is 130 Å². The van der Waals surface area contributed by atoms with Gasteiger partial charge in [-0.1, -0.05) is 23.4 Å². The fraction of sp³-hybridized carbons (Fsp3) is 0.357. The van der Waals surface area contributed by atoms with Crippen LogP contribution >= 0.6 is 11.6 Å². The molecule has 1 aromatic carbocycles. The van der Waals surface area contributed by atoms with Crippen LogP contribution in [0.3, 0.4) is 0 Å². The van der Waals surface area contributed by atoms with Crippen LogP contribution in [0.4, 0.5) is 0 Å². The number of carbonyl (C=O) groups excluding carboxylic acids is 1. The molecule has 0 aliphatic carbocycles. The van der Waals surface area contributed by atoms with Gasteiger partial charge in [-0.2, -0.15) is 0 Å². The third-order valence-electron chi connectivity index (χ3n) is 2.69. The molecule has 1 amide bonds. The fourth-order valence-electron chi connectivity index (χ4n) is 1.52. The van der Waals surface area contributed by atoms with Crippen LogP contribution in [0.25, 0.3) is 0 Å². The lowest BCUT2D eigenvalue weighted by atomic mass is 10.1. The number of halogens is 1. The Morgan fingerprint density at radius 1 is 1.43 bits per heavy atom. The molecule has 0 aliphatic heterocycles. The van der Waals surface area contributed by atoms with E-state index in [0.717, 1.165) is 6.26 Å². The highest BCUT2D eigenvalue weighted by Crippen LogP contribution is 2.18. The first-order valence-corrected chi connectivity index (χ1v) is 8.60. The summed E-state index contributed by atoms with van der Waals surface area (Å²) in [7, 11) is -1.56. The van der Waals surface area contributed by atoms with E-state index in [1.165, 1.54) is 11.0 Å². The molecule has 0 spiro atoms. The monoisotopic (exact) mass is 328 g/mol. The van der Waals surface area contributed by atoms with Gasteiger partial charge in [0.25, 0.3) is 5.91 Å². The van der Waals surface area contributed by atoms with Crippen molar-refractivity contribution in [3.8, 4) is 11.8 Å². The first-order chi connectivity index (χ1) is 9.74. The fourth-order valence-corrected chi connectivity index (χ4v) is 2.35. The first kappa shape index (κ1) is 17.5. The molecule has 0 saturated carbocycles. The molecule has 0 fully saturated rings. The second kappa shape index (κ2) is 7.46. The van der Waals surface area contributed by atoms with Crippen LogP contribution in [0.5, 0.6) is 0 Å². The van der Waals surface area contributed by atoms with E-state index in [1.54, 1.807) is 19.2 Å². The predicted molar refractivity (Wildman–Crippen MR) is 84.1 cm³/mol. The molecule has 0 aliphatic rings. The summed E-state index contributed by atoms with van der Waals surface area (Å²) in [4.78, 5) is 13.5. The largest absolute Gasteiger partial charge is 0.341 e. The summed E-state index contributed by atoms with van der Waals surface area (Å²) in [6, 6.07) is 4.76. The van der Waals surface area contributed by atoms with Crippen LogP contribution in [0.1, 0.15) is 15.9 Å². The number of amides is 1. The zero-order valence-corrected chi connectivity index (χ0v) is 13.5. The summed E-state index contributed by atoms with van der Waals surface area (Å²) in [6.07, 6.45) is 1.13. The van der Waals surface area contributed by atoms with Gasteiger partial charge >= 0.3 is 0 Å². The van der Waals surface area contributed by atoms with Gasteiger partial charge in [0.1, 0.15) is 9.84 Å². The molecule has 0 heterocycles. The maximum absolute atomic E-state index is 12.2. The number of sulfone groups is 1. The Morgan fingerprint density at radius 3 is 2.62 bits per heavy atom. The molecule has 0 atom stereocenters. The first-order valence-electron chi connectivity index (χ1n) is 6.16. The maximum atomic E-state index is 12.2. The van der Waals surface area contributed by atoms with Crippen LogP contribution in [-0.2, 0) is 9.84 Å². The molecule has 0 unspecified atom stereocenters. The van der Waals surface area contributed by atoms with Gasteiger partial charge in [-0.3, -0.25) is 4.79 Å². The van der Waals surface area contributed by atoms with E-state index in [2.05, 4.69) is 11.8 Å². The smallest absolute Gasteiger partial charge is 0.253 e. The van der Waals surface area contributed by atoms with Gasteiger partial charge in [0, 0.05) is 31.0 Å². The molecule has 21 heavy (non-hydrogen) atoms. The van der Waals surface area contributed by atoms with Gasteiger partial charge in [0.2, 0.25) is 0 Å². The number of benzene rings is 1. The molecular formula is C14H17ClN2O3S. The van der Waals surface area contributed by atoms with E-state index in [9.17, 15) is 13.2 Å². The Bertz CT molecular complexity index is 690. The second-order valence-corrected chi connectivity index (χ2v) is 7.22. The highest BCUT2D eigenvalue weighted by Gasteiger charge is 2.14. The lowest BCUT2D eigenvalue weighted by Gasteiger charge is -2.16. The average Bonchev–Trinajstić information content (AvgIpc) is 2.41. The van der Waals surface area contributed by atoms with E-state index in [0.29, 0.717) is 16.1 Å². The van der Waals surface area contributed by atoms with Crippen LogP contribution in [-0.4, -0.2) is 51.4 Å². The molecule has 1 rings (SSSR count). The molecule has 1 aromatic rings. The number of hydrogen-bond acceptors (Lipinski definition) is 4. The van der Waals surface area contributed by atoms with Gasteiger partial charge in [-0.15, -0.1) is 0 Å².